The lowest BCUT2D eigenvalue weighted by Gasteiger charge is -2.32. The third kappa shape index (κ3) is 2.92. The molecule has 1 saturated heterocycles. The molecule has 1 amide bonds. The quantitative estimate of drug-likeness (QED) is 0.873. The van der Waals surface area contributed by atoms with Gasteiger partial charge in [-0.3, -0.25) is 4.79 Å². The number of rotatable bonds is 3. The van der Waals surface area contributed by atoms with Crippen molar-refractivity contribution in [1.82, 2.24) is 0 Å². The molecule has 1 heterocycles. The topological polar surface area (TPSA) is 47.6 Å². The fraction of sp³-hybridized carbons (Fsp3) is 0.588. The van der Waals surface area contributed by atoms with Gasteiger partial charge in [0.15, 0.2) is 0 Å². The number of amides is 1. The molecule has 2 fully saturated rings. The lowest BCUT2D eigenvalue weighted by molar-refractivity contribution is -0.114. The van der Waals surface area contributed by atoms with Crippen molar-refractivity contribution < 1.29 is 14.1 Å². The minimum atomic E-state index is -0.392. The maximum atomic E-state index is 11.4. The summed E-state index contributed by atoms with van der Waals surface area (Å²) in [5.74, 6) is 0.544. The third-order valence-electron chi connectivity index (χ3n) is 4.87. The number of hydrogen-bond acceptors (Lipinski definition) is 3. The van der Waals surface area contributed by atoms with Gasteiger partial charge in [-0.15, -0.1) is 0 Å². The summed E-state index contributed by atoms with van der Waals surface area (Å²) in [6.07, 6.45) is 2.43. The minimum absolute atomic E-state index is 0.0622. The van der Waals surface area contributed by atoms with Gasteiger partial charge in [0.05, 0.1) is 11.2 Å². The molecule has 118 valence electrons. The average molecular weight is 301 g/mol. The van der Waals surface area contributed by atoms with E-state index < -0.39 is 7.12 Å². The Labute approximate surface area is 132 Å². The predicted octanol–water partition coefficient (Wildman–Crippen LogP) is 2.82. The lowest BCUT2D eigenvalue weighted by Crippen LogP contribution is -2.41. The van der Waals surface area contributed by atoms with Crippen molar-refractivity contribution >= 4 is 24.2 Å². The SMILES string of the molecule is CC(=O)Nc1cc(B2OC(C)(C)C(C)(C)O2)cc(C2CC2)c1. The van der Waals surface area contributed by atoms with Crippen LogP contribution in [0.1, 0.15) is 58.9 Å². The Morgan fingerprint density at radius 2 is 1.73 bits per heavy atom. The van der Waals surface area contributed by atoms with Crippen molar-refractivity contribution in [3.63, 3.8) is 0 Å². The van der Waals surface area contributed by atoms with E-state index in [4.69, 9.17) is 9.31 Å². The van der Waals surface area contributed by atoms with Crippen LogP contribution in [0.25, 0.3) is 0 Å². The van der Waals surface area contributed by atoms with Gasteiger partial charge >= 0.3 is 7.12 Å². The van der Waals surface area contributed by atoms with E-state index in [0.717, 1.165) is 11.2 Å². The number of nitrogens with one attached hydrogen (secondary N) is 1. The first kappa shape index (κ1) is 15.6. The Morgan fingerprint density at radius 3 is 2.23 bits per heavy atom. The van der Waals surface area contributed by atoms with E-state index >= 15 is 0 Å². The standard InChI is InChI=1S/C17H24BNO3/c1-11(20)19-15-9-13(12-6-7-12)8-14(10-15)18-21-16(2,3)17(4,5)22-18/h8-10,12H,6-7H2,1-5H3,(H,19,20). The molecule has 0 spiro atoms. The van der Waals surface area contributed by atoms with Gasteiger partial charge in [-0.05, 0) is 69.6 Å². The first-order chi connectivity index (χ1) is 10.2. The van der Waals surface area contributed by atoms with Crippen LogP contribution >= 0.6 is 0 Å². The summed E-state index contributed by atoms with van der Waals surface area (Å²) in [4.78, 5) is 11.4. The van der Waals surface area contributed by atoms with Gasteiger partial charge in [-0.25, -0.2) is 0 Å². The van der Waals surface area contributed by atoms with Crippen LogP contribution in [0.4, 0.5) is 5.69 Å². The second kappa shape index (κ2) is 5.10. The molecular formula is C17H24BNO3. The molecule has 1 saturated carbocycles. The Balaban J connectivity index is 1.93. The molecule has 2 aliphatic rings. The highest BCUT2D eigenvalue weighted by Gasteiger charge is 2.51. The summed E-state index contributed by atoms with van der Waals surface area (Å²) in [5.41, 5.74) is 2.34. The van der Waals surface area contributed by atoms with Crippen LogP contribution < -0.4 is 10.8 Å². The van der Waals surface area contributed by atoms with E-state index in [1.165, 1.54) is 25.3 Å². The van der Waals surface area contributed by atoms with Crippen LogP contribution in [-0.2, 0) is 14.1 Å². The zero-order chi connectivity index (χ0) is 16.1. The zero-order valence-electron chi connectivity index (χ0n) is 14.0. The largest absolute Gasteiger partial charge is 0.494 e. The summed E-state index contributed by atoms with van der Waals surface area (Å²) < 4.78 is 12.3. The highest BCUT2D eigenvalue weighted by molar-refractivity contribution is 6.62. The second-order valence-electron chi connectivity index (χ2n) is 7.43. The number of hydrogen-bond donors (Lipinski definition) is 1. The molecule has 1 N–H and O–H groups in total. The van der Waals surface area contributed by atoms with Crippen LogP contribution in [0.2, 0.25) is 0 Å². The third-order valence-corrected chi connectivity index (χ3v) is 4.87. The normalized spacial score (nSPS) is 22.7. The Morgan fingerprint density at radius 1 is 1.14 bits per heavy atom. The molecular weight excluding hydrogens is 277 g/mol. The van der Waals surface area contributed by atoms with E-state index in [2.05, 4.69) is 17.4 Å². The molecule has 22 heavy (non-hydrogen) atoms. The molecule has 4 nitrogen and oxygen atoms in total. The maximum Gasteiger partial charge on any atom is 0.494 e. The first-order valence-corrected chi connectivity index (χ1v) is 7.96. The molecule has 1 aliphatic heterocycles. The molecule has 1 aliphatic carbocycles. The molecule has 1 aromatic carbocycles. The van der Waals surface area contributed by atoms with E-state index in [1.54, 1.807) is 0 Å². The number of carbonyl (C=O) groups is 1. The fourth-order valence-corrected chi connectivity index (χ4v) is 2.72. The van der Waals surface area contributed by atoms with Gasteiger partial charge in [0.1, 0.15) is 0 Å². The molecule has 0 bridgehead atoms. The van der Waals surface area contributed by atoms with Crippen LogP contribution in [-0.4, -0.2) is 24.2 Å². The second-order valence-corrected chi connectivity index (χ2v) is 7.43. The van der Waals surface area contributed by atoms with Gasteiger partial charge in [-0.1, -0.05) is 6.07 Å². The fourth-order valence-electron chi connectivity index (χ4n) is 2.72. The summed E-state index contributed by atoms with van der Waals surface area (Å²) in [7, 11) is -0.392. The summed E-state index contributed by atoms with van der Waals surface area (Å²) >= 11 is 0. The van der Waals surface area contributed by atoms with Gasteiger partial charge in [-0.2, -0.15) is 0 Å². The van der Waals surface area contributed by atoms with Crippen molar-refractivity contribution in [2.45, 2.75) is 64.6 Å². The van der Waals surface area contributed by atoms with Crippen molar-refractivity contribution in [2.75, 3.05) is 5.32 Å². The molecule has 0 atom stereocenters. The molecule has 0 radical (unpaired) electrons. The van der Waals surface area contributed by atoms with E-state index in [0.29, 0.717) is 5.92 Å². The van der Waals surface area contributed by atoms with Crippen molar-refractivity contribution in [1.29, 1.82) is 0 Å². The minimum Gasteiger partial charge on any atom is -0.399 e. The van der Waals surface area contributed by atoms with Crippen LogP contribution in [0, 0.1) is 0 Å². The predicted molar refractivity (Wildman–Crippen MR) is 88.4 cm³/mol. The van der Waals surface area contributed by atoms with Gasteiger partial charge < -0.3 is 14.6 Å². The van der Waals surface area contributed by atoms with Crippen LogP contribution in [0.5, 0.6) is 0 Å². The molecule has 3 rings (SSSR count). The molecule has 0 aromatic heterocycles. The summed E-state index contributed by atoms with van der Waals surface area (Å²) in [6.45, 7) is 9.72. The molecule has 0 unspecified atom stereocenters. The van der Waals surface area contributed by atoms with Crippen molar-refractivity contribution in [3.05, 3.63) is 23.8 Å². The Hall–Kier alpha value is -1.33. The molecule has 5 heteroatoms. The van der Waals surface area contributed by atoms with E-state index in [9.17, 15) is 4.79 Å². The Bertz CT molecular complexity index is 592. The highest BCUT2D eigenvalue weighted by Crippen LogP contribution is 2.41. The maximum absolute atomic E-state index is 11.4. The van der Waals surface area contributed by atoms with Crippen molar-refractivity contribution in [2.24, 2.45) is 0 Å². The highest BCUT2D eigenvalue weighted by atomic mass is 16.7. The Kier molecular flexibility index (Phi) is 3.61. The van der Waals surface area contributed by atoms with Gasteiger partial charge in [0.25, 0.3) is 0 Å². The molecule has 1 aromatic rings. The number of benzene rings is 1. The number of anilines is 1. The lowest BCUT2D eigenvalue weighted by atomic mass is 9.77. The first-order valence-electron chi connectivity index (χ1n) is 7.96. The average Bonchev–Trinajstić information content (AvgIpc) is 3.16. The van der Waals surface area contributed by atoms with Gasteiger partial charge in [0, 0.05) is 12.6 Å². The van der Waals surface area contributed by atoms with E-state index in [1.807, 2.05) is 33.8 Å². The smallest absolute Gasteiger partial charge is 0.399 e. The zero-order valence-corrected chi connectivity index (χ0v) is 14.0. The van der Waals surface area contributed by atoms with Crippen LogP contribution in [0.15, 0.2) is 18.2 Å². The monoisotopic (exact) mass is 301 g/mol. The van der Waals surface area contributed by atoms with Crippen LogP contribution in [0.3, 0.4) is 0 Å². The number of carbonyl (C=O) groups excluding carboxylic acids is 1. The van der Waals surface area contributed by atoms with Gasteiger partial charge in [0.2, 0.25) is 5.91 Å². The van der Waals surface area contributed by atoms with E-state index in [-0.39, 0.29) is 17.1 Å². The van der Waals surface area contributed by atoms with Crippen molar-refractivity contribution in [3.8, 4) is 0 Å². The summed E-state index contributed by atoms with van der Waals surface area (Å²) in [5, 5.41) is 2.88. The summed E-state index contributed by atoms with van der Waals surface area (Å²) in [6, 6.07) is 6.17.